The van der Waals surface area contributed by atoms with Crippen LogP contribution in [0.5, 0.6) is 11.5 Å². The molecule has 0 fully saturated rings. The summed E-state index contributed by atoms with van der Waals surface area (Å²) in [6.07, 6.45) is 9.07. The summed E-state index contributed by atoms with van der Waals surface area (Å²) in [6.45, 7) is 10.6. The van der Waals surface area contributed by atoms with E-state index in [-0.39, 0.29) is 0 Å². The maximum absolute atomic E-state index is 6.19. The summed E-state index contributed by atoms with van der Waals surface area (Å²) in [5.74, 6) is 2.48. The fraction of sp³-hybridized carbons (Fsp3) is 0.448. The second kappa shape index (κ2) is 10.4. The maximum Gasteiger partial charge on any atom is 0.125 e. The quantitative estimate of drug-likeness (QED) is 0.448. The topological polar surface area (TPSA) is 21.7 Å². The van der Waals surface area contributed by atoms with E-state index in [9.17, 15) is 0 Å². The lowest BCUT2D eigenvalue weighted by Gasteiger charge is -2.28. The maximum atomic E-state index is 6.19. The first-order valence-electron chi connectivity index (χ1n) is 12.0. The Morgan fingerprint density at radius 1 is 1.03 bits per heavy atom. The number of nitrogens with zero attached hydrogens (tertiary/aromatic N) is 1. The van der Waals surface area contributed by atoms with Gasteiger partial charge in [0.2, 0.25) is 0 Å². The molecule has 2 aromatic carbocycles. The molecule has 4 rings (SSSR count). The Hall–Kier alpha value is -2.52. The number of aryl methyl sites for hydroxylation is 1. The number of methoxy groups -OCH3 is 1. The number of benzene rings is 2. The molecule has 0 unspecified atom stereocenters. The van der Waals surface area contributed by atoms with Crippen LogP contribution in [0.2, 0.25) is 0 Å². The highest BCUT2D eigenvalue weighted by Gasteiger charge is 2.19. The Balaban J connectivity index is 1.43. The van der Waals surface area contributed by atoms with Crippen molar-refractivity contribution in [1.29, 1.82) is 0 Å². The van der Waals surface area contributed by atoms with Gasteiger partial charge in [-0.3, -0.25) is 4.90 Å². The van der Waals surface area contributed by atoms with E-state index < -0.39 is 0 Å². The van der Waals surface area contributed by atoms with Crippen LogP contribution in [-0.4, -0.2) is 31.6 Å². The van der Waals surface area contributed by atoms with E-state index in [0.717, 1.165) is 49.4 Å². The van der Waals surface area contributed by atoms with E-state index in [1.807, 2.05) is 0 Å². The molecule has 0 aromatic heterocycles. The van der Waals surface area contributed by atoms with Gasteiger partial charge in [-0.2, -0.15) is 0 Å². The van der Waals surface area contributed by atoms with Crippen LogP contribution in [-0.2, 0) is 19.4 Å². The van der Waals surface area contributed by atoms with E-state index in [1.54, 1.807) is 12.7 Å². The first-order valence-corrected chi connectivity index (χ1v) is 12.0. The van der Waals surface area contributed by atoms with E-state index >= 15 is 0 Å². The summed E-state index contributed by atoms with van der Waals surface area (Å²) < 4.78 is 11.8. The van der Waals surface area contributed by atoms with Gasteiger partial charge in [0.05, 0.1) is 7.11 Å². The highest BCUT2D eigenvalue weighted by Crippen LogP contribution is 2.34. The van der Waals surface area contributed by atoms with Gasteiger partial charge in [-0.25, -0.2) is 0 Å². The lowest BCUT2D eigenvalue weighted by atomic mass is 9.86. The standard InChI is InChI=1S/C29H37NO2/c1-21(2)16-23-8-9-26(29(17-23)31-4)20-32-27-12-13-28-22(3)25(11-10-24(28)18-27)19-30-14-6-5-7-15-30/h5-6,8-9,12-13,17-18,21H,7,10-11,14-16,19-20H2,1-4H3. The Morgan fingerprint density at radius 3 is 2.66 bits per heavy atom. The number of hydrogen-bond acceptors (Lipinski definition) is 3. The second-order valence-corrected chi connectivity index (χ2v) is 9.58. The van der Waals surface area contributed by atoms with E-state index in [2.05, 4.69) is 74.2 Å². The highest BCUT2D eigenvalue weighted by molar-refractivity contribution is 5.72. The number of fused-ring (bicyclic) bond motifs is 1. The molecule has 0 spiro atoms. The summed E-state index contributed by atoms with van der Waals surface area (Å²) in [4.78, 5) is 2.56. The molecule has 0 N–H and O–H groups in total. The van der Waals surface area contributed by atoms with Crippen LogP contribution < -0.4 is 9.47 Å². The largest absolute Gasteiger partial charge is 0.496 e. The van der Waals surface area contributed by atoms with Crippen molar-refractivity contribution in [1.82, 2.24) is 4.90 Å². The fourth-order valence-electron chi connectivity index (χ4n) is 4.86. The SMILES string of the molecule is COc1cc(CC(C)C)ccc1COc1ccc2c(c1)CCC(CN1CC=CCC1)=C2C. The average molecular weight is 432 g/mol. The lowest BCUT2D eigenvalue weighted by molar-refractivity contribution is 0.296. The molecular formula is C29H37NO2. The molecule has 32 heavy (non-hydrogen) atoms. The lowest BCUT2D eigenvalue weighted by Crippen LogP contribution is -2.30. The van der Waals surface area contributed by atoms with Crippen molar-refractivity contribution in [3.63, 3.8) is 0 Å². The number of hydrogen-bond donors (Lipinski definition) is 0. The summed E-state index contributed by atoms with van der Waals surface area (Å²) in [5, 5.41) is 0. The van der Waals surface area contributed by atoms with Gasteiger partial charge >= 0.3 is 0 Å². The minimum absolute atomic E-state index is 0.520. The molecule has 3 nitrogen and oxygen atoms in total. The molecule has 2 aliphatic rings. The van der Waals surface area contributed by atoms with Gasteiger partial charge in [-0.1, -0.05) is 49.8 Å². The molecule has 1 aliphatic heterocycles. The molecule has 0 atom stereocenters. The van der Waals surface area contributed by atoms with Gasteiger partial charge in [0.15, 0.2) is 0 Å². The average Bonchev–Trinajstić information content (AvgIpc) is 2.80. The van der Waals surface area contributed by atoms with Crippen molar-refractivity contribution in [2.24, 2.45) is 5.92 Å². The minimum atomic E-state index is 0.520. The van der Waals surface area contributed by atoms with Crippen LogP contribution in [0.3, 0.4) is 0 Å². The minimum Gasteiger partial charge on any atom is -0.496 e. The third kappa shape index (κ3) is 5.45. The molecular weight excluding hydrogens is 394 g/mol. The first-order chi connectivity index (χ1) is 15.5. The smallest absolute Gasteiger partial charge is 0.125 e. The Bertz CT molecular complexity index is 1000. The summed E-state index contributed by atoms with van der Waals surface area (Å²) in [6, 6.07) is 13.1. The molecule has 1 aliphatic carbocycles. The van der Waals surface area contributed by atoms with Gasteiger partial charge in [0.1, 0.15) is 18.1 Å². The third-order valence-electron chi connectivity index (χ3n) is 6.65. The highest BCUT2D eigenvalue weighted by atomic mass is 16.5. The van der Waals surface area contributed by atoms with E-state index in [0.29, 0.717) is 12.5 Å². The zero-order valence-corrected chi connectivity index (χ0v) is 20.1. The van der Waals surface area contributed by atoms with Crippen molar-refractivity contribution < 1.29 is 9.47 Å². The zero-order valence-electron chi connectivity index (χ0n) is 20.1. The Morgan fingerprint density at radius 2 is 1.91 bits per heavy atom. The van der Waals surface area contributed by atoms with Gasteiger partial charge in [0.25, 0.3) is 0 Å². The predicted molar refractivity (Wildman–Crippen MR) is 133 cm³/mol. The summed E-state index contributed by atoms with van der Waals surface area (Å²) >= 11 is 0. The normalized spacial score (nSPS) is 16.4. The zero-order chi connectivity index (χ0) is 22.5. The van der Waals surface area contributed by atoms with Crippen molar-refractivity contribution in [3.05, 3.63) is 76.4 Å². The summed E-state index contributed by atoms with van der Waals surface area (Å²) in [5.41, 5.74) is 8.24. The molecule has 170 valence electrons. The molecule has 2 aromatic rings. The van der Waals surface area contributed by atoms with Gasteiger partial charge in [-0.15, -0.1) is 0 Å². The van der Waals surface area contributed by atoms with Gasteiger partial charge in [0, 0.05) is 25.2 Å². The van der Waals surface area contributed by atoms with E-state index in [4.69, 9.17) is 9.47 Å². The molecule has 0 radical (unpaired) electrons. The van der Waals surface area contributed by atoms with Crippen molar-refractivity contribution in [2.75, 3.05) is 26.7 Å². The van der Waals surface area contributed by atoms with Gasteiger partial charge in [-0.05, 0) is 79.0 Å². The molecule has 0 saturated heterocycles. The molecule has 1 heterocycles. The summed E-state index contributed by atoms with van der Waals surface area (Å²) in [7, 11) is 1.74. The molecule has 0 saturated carbocycles. The molecule has 3 heteroatoms. The number of allylic oxidation sites excluding steroid dienone is 1. The Kier molecular flexibility index (Phi) is 7.36. The Labute approximate surface area is 193 Å². The molecule has 0 bridgehead atoms. The van der Waals surface area contributed by atoms with Crippen molar-refractivity contribution in [2.45, 2.75) is 53.1 Å². The van der Waals surface area contributed by atoms with Crippen molar-refractivity contribution >= 4 is 5.57 Å². The number of rotatable bonds is 8. The van der Waals surface area contributed by atoms with Crippen LogP contribution in [0.1, 0.15) is 55.9 Å². The van der Waals surface area contributed by atoms with Crippen LogP contribution in [0, 0.1) is 5.92 Å². The van der Waals surface area contributed by atoms with Crippen LogP contribution >= 0.6 is 0 Å². The monoisotopic (exact) mass is 431 g/mol. The van der Waals surface area contributed by atoms with Crippen LogP contribution in [0.4, 0.5) is 0 Å². The second-order valence-electron chi connectivity index (χ2n) is 9.58. The first kappa shape index (κ1) is 22.7. The van der Waals surface area contributed by atoms with Crippen LogP contribution in [0.25, 0.3) is 5.57 Å². The molecule has 0 amide bonds. The fourth-order valence-corrected chi connectivity index (χ4v) is 4.86. The van der Waals surface area contributed by atoms with E-state index in [1.165, 1.54) is 35.2 Å². The predicted octanol–water partition coefficient (Wildman–Crippen LogP) is 6.45. The van der Waals surface area contributed by atoms with Crippen molar-refractivity contribution in [3.8, 4) is 11.5 Å². The van der Waals surface area contributed by atoms with Gasteiger partial charge < -0.3 is 9.47 Å². The number of ether oxygens (including phenoxy) is 2. The third-order valence-corrected chi connectivity index (χ3v) is 6.65. The van der Waals surface area contributed by atoms with Crippen LogP contribution in [0.15, 0.2) is 54.1 Å².